The Morgan fingerprint density at radius 2 is 0.671 bits per heavy atom. The van der Waals surface area contributed by atoms with Crippen LogP contribution in [0.3, 0.4) is 0 Å². The van der Waals surface area contributed by atoms with E-state index in [0.717, 1.165) is 98.7 Å². The van der Waals surface area contributed by atoms with Crippen LogP contribution in [0.5, 0.6) is 23.0 Å². The smallest absolute Gasteiger partial charge is 0.132 e. The van der Waals surface area contributed by atoms with Crippen molar-refractivity contribution in [1.29, 1.82) is 0 Å². The van der Waals surface area contributed by atoms with Crippen LogP contribution >= 0.6 is 0 Å². The Morgan fingerprint density at radius 3 is 1.04 bits per heavy atom. The van der Waals surface area contributed by atoms with Crippen LogP contribution in [-0.4, -0.2) is 36.9 Å². The Balaban J connectivity index is 1.06. The summed E-state index contributed by atoms with van der Waals surface area (Å²) in [5.41, 5.74) is 10.3. The Labute approximate surface area is 441 Å². The molecule has 0 spiro atoms. The molecule has 0 bridgehead atoms. The van der Waals surface area contributed by atoms with Gasteiger partial charge in [0.15, 0.2) is 0 Å². The van der Waals surface area contributed by atoms with Crippen LogP contribution in [-0.2, 0) is 0 Å². The lowest BCUT2D eigenvalue weighted by atomic mass is 9.86. The summed E-state index contributed by atoms with van der Waals surface area (Å²) in [6, 6.07) is 80.8. The molecule has 12 aromatic rings. The second-order valence-electron chi connectivity index (χ2n) is 19.0. The summed E-state index contributed by atoms with van der Waals surface area (Å²) >= 11 is 0. The second kappa shape index (κ2) is 20.6. The molecule has 0 aliphatic carbocycles. The lowest BCUT2D eigenvalue weighted by Gasteiger charge is -2.23. The minimum Gasteiger partial charge on any atom is -0.507 e. The van der Waals surface area contributed by atoms with Crippen LogP contribution in [0.2, 0.25) is 0 Å². The Hall–Kier alpha value is -9.78. The molecule has 0 fully saturated rings. The third kappa shape index (κ3) is 8.86. The maximum atomic E-state index is 12.9. The summed E-state index contributed by atoms with van der Waals surface area (Å²) in [6.45, 7) is 0. The largest absolute Gasteiger partial charge is 0.507 e. The maximum Gasteiger partial charge on any atom is 0.132 e. The zero-order valence-electron chi connectivity index (χ0n) is 42.0. The highest BCUT2D eigenvalue weighted by Gasteiger charge is 2.27. The second-order valence-corrected chi connectivity index (χ2v) is 19.0. The Morgan fingerprint density at radius 1 is 0.342 bits per heavy atom. The van der Waals surface area contributed by atoms with Crippen molar-refractivity contribution in [2.45, 2.75) is 12.1 Å². The normalized spacial score (nSPS) is 12.5. The number of phenols is 2. The molecule has 6 nitrogen and oxygen atoms in total. The first-order valence-corrected chi connectivity index (χ1v) is 25.4. The van der Waals surface area contributed by atoms with E-state index in [4.69, 9.17) is 19.5 Å². The summed E-state index contributed by atoms with van der Waals surface area (Å²) in [5, 5.41) is 33.8. The molecule has 0 aliphatic rings. The van der Waals surface area contributed by atoms with Gasteiger partial charge in [0, 0.05) is 45.8 Å². The fraction of sp³-hybridized carbons (Fsp3) is 0.0571. The van der Waals surface area contributed by atoms with Gasteiger partial charge < -0.3 is 19.7 Å². The highest BCUT2D eigenvalue weighted by atomic mass is 16.5. The standard InChI is InChI=1S/C70H52N2O4/c1-75-55-35-29-49(30-36-55)67(71-43-53-41-51-23-11-15-27-59(51)65(69(53)73)63-57-25-13-9-21-47(57)33-39-61(63)45-17-5-3-6-18-45)68(50-31-37-56(76-2)38-32-50)72-44-54-42-52-24-12-16-28-60(52)66(70(54)74)64-58-26-14-10-22-48(58)34-40-62(64)46-19-7-4-8-20-46/h3-44,67-68,73-74H,1-2H3/t67-,68-/m0/s1. The highest BCUT2D eigenvalue weighted by molar-refractivity contribution is 6.16. The summed E-state index contributed by atoms with van der Waals surface area (Å²) in [6.07, 6.45) is 3.58. The zero-order valence-corrected chi connectivity index (χ0v) is 42.0. The summed E-state index contributed by atoms with van der Waals surface area (Å²) in [4.78, 5) is 11.0. The molecule has 0 aromatic heterocycles. The molecule has 2 N–H and O–H groups in total. The van der Waals surface area contributed by atoms with Gasteiger partial charge in [0.25, 0.3) is 0 Å². The van der Waals surface area contributed by atoms with E-state index in [1.807, 2.05) is 133 Å². The fourth-order valence-electron chi connectivity index (χ4n) is 10.8. The molecule has 366 valence electrons. The van der Waals surface area contributed by atoms with Gasteiger partial charge in [0.2, 0.25) is 0 Å². The van der Waals surface area contributed by atoms with E-state index in [1.165, 1.54) is 0 Å². The number of fused-ring (bicyclic) bond motifs is 4. The molecule has 0 radical (unpaired) electrons. The Bertz CT molecular complexity index is 3880. The van der Waals surface area contributed by atoms with E-state index in [2.05, 4.69) is 109 Å². The van der Waals surface area contributed by atoms with Crippen LogP contribution in [0.4, 0.5) is 0 Å². The maximum absolute atomic E-state index is 12.9. The molecule has 0 aliphatic heterocycles. The fourth-order valence-corrected chi connectivity index (χ4v) is 10.8. The van der Waals surface area contributed by atoms with Crippen LogP contribution in [0.15, 0.2) is 253 Å². The summed E-state index contributed by atoms with van der Waals surface area (Å²) in [5.74, 6) is 1.64. The van der Waals surface area contributed by atoms with Gasteiger partial charge in [-0.05, 0) is 113 Å². The third-order valence-electron chi connectivity index (χ3n) is 14.6. The van der Waals surface area contributed by atoms with Gasteiger partial charge in [0.1, 0.15) is 35.1 Å². The van der Waals surface area contributed by atoms with Crippen LogP contribution in [0.1, 0.15) is 34.3 Å². The molecule has 0 saturated heterocycles. The molecular weight excluding hydrogens is 933 g/mol. The first kappa shape index (κ1) is 47.2. The molecule has 0 amide bonds. The quantitative estimate of drug-likeness (QED) is 0.113. The molecule has 0 heterocycles. The average Bonchev–Trinajstić information content (AvgIpc) is 3.56. The number of ether oxygens (including phenoxy) is 2. The van der Waals surface area contributed by atoms with Crippen molar-refractivity contribution in [2.75, 3.05) is 14.2 Å². The van der Waals surface area contributed by atoms with Crippen molar-refractivity contribution in [3.63, 3.8) is 0 Å². The first-order chi connectivity index (χ1) is 37.4. The van der Waals surface area contributed by atoms with Crippen LogP contribution < -0.4 is 9.47 Å². The van der Waals surface area contributed by atoms with E-state index >= 15 is 0 Å². The number of aliphatic imine (C=N–C) groups is 2. The molecule has 2 atom stereocenters. The number of phenolic OH excluding ortho intramolecular Hbond substituents is 2. The molecule has 12 rings (SSSR count). The van der Waals surface area contributed by atoms with Crippen LogP contribution in [0, 0.1) is 0 Å². The van der Waals surface area contributed by atoms with Crippen molar-refractivity contribution >= 4 is 55.5 Å². The van der Waals surface area contributed by atoms with E-state index < -0.39 is 12.1 Å². The number of nitrogens with zero attached hydrogens (tertiary/aromatic N) is 2. The van der Waals surface area contributed by atoms with Crippen molar-refractivity contribution in [2.24, 2.45) is 9.98 Å². The Kier molecular flexibility index (Phi) is 12.8. The minimum atomic E-state index is -0.646. The lowest BCUT2D eigenvalue weighted by Crippen LogP contribution is -2.10. The van der Waals surface area contributed by atoms with E-state index in [1.54, 1.807) is 26.6 Å². The zero-order chi connectivity index (χ0) is 51.5. The number of rotatable bonds is 13. The minimum absolute atomic E-state index is 0.117. The topological polar surface area (TPSA) is 83.6 Å². The van der Waals surface area contributed by atoms with Gasteiger partial charge >= 0.3 is 0 Å². The number of aromatic hydroxyl groups is 2. The SMILES string of the molecule is COc1ccc([C@H](N=Cc2cc3ccccc3c(-c3c(-c4ccccc4)ccc4ccccc34)c2O)[C@@H](N=Cc2cc3ccccc3c(-c3c(-c4ccccc4)ccc4ccccc34)c2O)c2ccc(OC)cc2)cc1. The number of hydrogen-bond acceptors (Lipinski definition) is 6. The van der Waals surface area contributed by atoms with E-state index in [9.17, 15) is 10.2 Å². The molecule has 0 unspecified atom stereocenters. The molecule has 0 saturated carbocycles. The number of benzene rings is 12. The predicted octanol–water partition coefficient (Wildman–Crippen LogP) is 17.4. The van der Waals surface area contributed by atoms with Gasteiger partial charge in [-0.2, -0.15) is 0 Å². The lowest BCUT2D eigenvalue weighted by molar-refractivity contribution is 0.414. The third-order valence-corrected chi connectivity index (χ3v) is 14.6. The first-order valence-electron chi connectivity index (χ1n) is 25.4. The monoisotopic (exact) mass is 984 g/mol. The van der Waals surface area contributed by atoms with Gasteiger partial charge in [-0.3, -0.25) is 9.98 Å². The van der Waals surface area contributed by atoms with Gasteiger partial charge in [0.05, 0.1) is 14.2 Å². The van der Waals surface area contributed by atoms with Crippen molar-refractivity contribution in [1.82, 2.24) is 0 Å². The van der Waals surface area contributed by atoms with E-state index in [-0.39, 0.29) is 11.5 Å². The summed E-state index contributed by atoms with van der Waals surface area (Å²) in [7, 11) is 3.30. The molecule has 76 heavy (non-hydrogen) atoms. The van der Waals surface area contributed by atoms with Gasteiger partial charge in [-0.15, -0.1) is 0 Å². The van der Waals surface area contributed by atoms with E-state index in [0.29, 0.717) is 22.6 Å². The summed E-state index contributed by atoms with van der Waals surface area (Å²) < 4.78 is 11.3. The van der Waals surface area contributed by atoms with Gasteiger partial charge in [-0.1, -0.05) is 206 Å². The molecule has 6 heteroatoms. The molecular formula is C70H52N2O4. The predicted molar refractivity (Wildman–Crippen MR) is 315 cm³/mol. The van der Waals surface area contributed by atoms with Crippen LogP contribution in [0.25, 0.3) is 87.6 Å². The number of methoxy groups -OCH3 is 2. The highest BCUT2D eigenvalue weighted by Crippen LogP contribution is 2.49. The molecule has 12 aromatic carbocycles. The van der Waals surface area contributed by atoms with Crippen molar-refractivity contribution in [3.8, 4) is 67.5 Å². The number of hydrogen-bond donors (Lipinski definition) is 2. The van der Waals surface area contributed by atoms with Gasteiger partial charge in [-0.25, -0.2) is 0 Å². The van der Waals surface area contributed by atoms with Crippen molar-refractivity contribution in [3.05, 3.63) is 265 Å². The van der Waals surface area contributed by atoms with Crippen molar-refractivity contribution < 1.29 is 19.7 Å². The average molecular weight is 985 g/mol.